The predicted octanol–water partition coefficient (Wildman–Crippen LogP) is 3.83. The number of anilines is 1. The Hall–Kier alpha value is -3.60. The lowest BCUT2D eigenvalue weighted by Gasteiger charge is -2.05. The largest absolute Gasteiger partial charge is 0.457 e. The molecule has 3 rings (SSSR count). The molecule has 0 atom stereocenters. The van der Waals surface area contributed by atoms with Crippen LogP contribution in [0.4, 0.5) is 5.69 Å². The van der Waals surface area contributed by atoms with Crippen LogP contribution >= 0.6 is 0 Å². The van der Waals surface area contributed by atoms with Crippen molar-refractivity contribution in [1.82, 2.24) is 5.43 Å². The van der Waals surface area contributed by atoms with Crippen molar-refractivity contribution in [3.8, 4) is 11.5 Å². The zero-order valence-electron chi connectivity index (χ0n) is 13.4. The maximum Gasteiger partial charge on any atom is 0.271 e. The third-order valence-electron chi connectivity index (χ3n) is 3.39. The van der Waals surface area contributed by atoms with Gasteiger partial charge < -0.3 is 10.5 Å². The number of hydrazone groups is 1. The second kappa shape index (κ2) is 7.79. The molecule has 0 aliphatic rings. The Bertz CT molecular complexity index is 875. The summed E-state index contributed by atoms with van der Waals surface area (Å²) in [4.78, 5) is 12.0. The lowest BCUT2D eigenvalue weighted by molar-refractivity contribution is 0.0955. The third-order valence-corrected chi connectivity index (χ3v) is 3.39. The molecule has 0 saturated heterocycles. The van der Waals surface area contributed by atoms with Crippen LogP contribution in [0, 0.1) is 0 Å². The van der Waals surface area contributed by atoms with Gasteiger partial charge in [-0.1, -0.05) is 30.3 Å². The molecule has 3 N–H and O–H groups in total. The maximum atomic E-state index is 12.0. The van der Waals surface area contributed by atoms with Gasteiger partial charge in [-0.2, -0.15) is 5.10 Å². The molecule has 0 fully saturated rings. The Morgan fingerprint density at radius 1 is 0.920 bits per heavy atom. The molecular formula is C20H17N3O2. The van der Waals surface area contributed by atoms with Crippen molar-refractivity contribution in [3.05, 3.63) is 90.0 Å². The molecule has 124 valence electrons. The minimum atomic E-state index is -0.298. The first-order valence-corrected chi connectivity index (χ1v) is 7.72. The smallest absolute Gasteiger partial charge is 0.271 e. The van der Waals surface area contributed by atoms with Gasteiger partial charge in [-0.25, -0.2) is 5.43 Å². The molecule has 5 heteroatoms. The average molecular weight is 331 g/mol. The van der Waals surface area contributed by atoms with E-state index in [1.807, 2.05) is 54.6 Å². The molecule has 0 saturated carbocycles. The molecule has 5 nitrogen and oxygen atoms in total. The van der Waals surface area contributed by atoms with Gasteiger partial charge in [0.05, 0.1) is 6.21 Å². The van der Waals surface area contributed by atoms with Crippen molar-refractivity contribution in [2.45, 2.75) is 0 Å². The number of rotatable bonds is 5. The fourth-order valence-electron chi connectivity index (χ4n) is 2.15. The number of amides is 1. The van der Waals surface area contributed by atoms with Crippen LogP contribution in [0.5, 0.6) is 11.5 Å². The first kappa shape index (κ1) is 16.3. The zero-order valence-corrected chi connectivity index (χ0v) is 13.4. The van der Waals surface area contributed by atoms with E-state index in [9.17, 15) is 4.79 Å². The average Bonchev–Trinajstić information content (AvgIpc) is 2.63. The van der Waals surface area contributed by atoms with Gasteiger partial charge in [-0.3, -0.25) is 4.79 Å². The summed E-state index contributed by atoms with van der Waals surface area (Å²) in [5.74, 6) is 1.15. The Morgan fingerprint density at radius 2 is 1.64 bits per heavy atom. The van der Waals surface area contributed by atoms with E-state index in [-0.39, 0.29) is 5.91 Å². The van der Waals surface area contributed by atoms with Gasteiger partial charge in [0, 0.05) is 11.3 Å². The molecule has 0 spiro atoms. The van der Waals surface area contributed by atoms with E-state index in [2.05, 4.69) is 10.5 Å². The van der Waals surface area contributed by atoms with Crippen molar-refractivity contribution < 1.29 is 9.53 Å². The molecule has 3 aromatic carbocycles. The highest BCUT2D eigenvalue weighted by Crippen LogP contribution is 2.21. The molecule has 0 aliphatic carbocycles. The highest BCUT2D eigenvalue weighted by atomic mass is 16.5. The van der Waals surface area contributed by atoms with E-state index < -0.39 is 0 Å². The fourth-order valence-corrected chi connectivity index (χ4v) is 2.15. The zero-order chi connectivity index (χ0) is 17.5. The number of carbonyl (C=O) groups excluding carboxylic acids is 1. The van der Waals surface area contributed by atoms with E-state index in [4.69, 9.17) is 10.5 Å². The molecule has 0 radical (unpaired) electrons. The van der Waals surface area contributed by atoms with Crippen molar-refractivity contribution in [1.29, 1.82) is 0 Å². The van der Waals surface area contributed by atoms with Crippen molar-refractivity contribution >= 4 is 17.8 Å². The van der Waals surface area contributed by atoms with Crippen LogP contribution in [-0.2, 0) is 0 Å². The first-order chi connectivity index (χ1) is 12.2. The van der Waals surface area contributed by atoms with Crippen molar-refractivity contribution in [2.24, 2.45) is 5.10 Å². The van der Waals surface area contributed by atoms with Crippen LogP contribution in [0.2, 0.25) is 0 Å². The molecule has 0 bridgehead atoms. The molecule has 3 aromatic rings. The minimum absolute atomic E-state index is 0.298. The molecule has 0 unspecified atom stereocenters. The number of hydrogen-bond acceptors (Lipinski definition) is 4. The van der Waals surface area contributed by atoms with Crippen LogP contribution in [0.15, 0.2) is 84.0 Å². The Morgan fingerprint density at radius 3 is 2.40 bits per heavy atom. The lowest BCUT2D eigenvalue weighted by atomic mass is 10.2. The number of hydrogen-bond donors (Lipinski definition) is 2. The van der Waals surface area contributed by atoms with E-state index in [1.165, 1.54) is 0 Å². The summed E-state index contributed by atoms with van der Waals surface area (Å²) in [6.45, 7) is 0. The van der Waals surface area contributed by atoms with Gasteiger partial charge in [-0.05, 0) is 54.1 Å². The van der Waals surface area contributed by atoms with Crippen molar-refractivity contribution in [3.63, 3.8) is 0 Å². The van der Waals surface area contributed by atoms with E-state index >= 15 is 0 Å². The number of nitrogens with zero attached hydrogens (tertiary/aromatic N) is 1. The van der Waals surface area contributed by atoms with Crippen LogP contribution in [0.1, 0.15) is 15.9 Å². The van der Waals surface area contributed by atoms with E-state index in [0.717, 1.165) is 11.3 Å². The van der Waals surface area contributed by atoms with Crippen LogP contribution < -0.4 is 15.9 Å². The second-order valence-corrected chi connectivity index (χ2v) is 5.31. The lowest BCUT2D eigenvalue weighted by Crippen LogP contribution is -2.17. The Balaban J connectivity index is 1.62. The third kappa shape index (κ3) is 4.68. The quantitative estimate of drug-likeness (QED) is 0.424. The first-order valence-electron chi connectivity index (χ1n) is 7.72. The van der Waals surface area contributed by atoms with Gasteiger partial charge >= 0.3 is 0 Å². The SMILES string of the molecule is Nc1ccc(C(=O)N/N=C\c2cccc(Oc3ccccc3)c2)cc1. The maximum absolute atomic E-state index is 12.0. The second-order valence-electron chi connectivity index (χ2n) is 5.31. The summed E-state index contributed by atoms with van der Waals surface area (Å²) in [6, 6.07) is 23.6. The Labute approximate surface area is 145 Å². The summed E-state index contributed by atoms with van der Waals surface area (Å²) in [6.07, 6.45) is 1.56. The van der Waals surface area contributed by atoms with Crippen molar-refractivity contribution in [2.75, 3.05) is 5.73 Å². The van der Waals surface area contributed by atoms with E-state index in [1.54, 1.807) is 30.5 Å². The highest BCUT2D eigenvalue weighted by molar-refractivity contribution is 5.95. The molecular weight excluding hydrogens is 314 g/mol. The molecule has 0 aromatic heterocycles. The minimum Gasteiger partial charge on any atom is -0.457 e. The molecule has 0 heterocycles. The van der Waals surface area contributed by atoms with Gasteiger partial charge in [0.15, 0.2) is 0 Å². The number of ether oxygens (including phenoxy) is 1. The van der Waals surface area contributed by atoms with Crippen LogP contribution in [0.3, 0.4) is 0 Å². The number of carbonyl (C=O) groups is 1. The van der Waals surface area contributed by atoms with Gasteiger partial charge in [0.2, 0.25) is 0 Å². The topological polar surface area (TPSA) is 76.7 Å². The molecule has 0 aliphatic heterocycles. The monoisotopic (exact) mass is 331 g/mol. The number of para-hydroxylation sites is 1. The van der Waals surface area contributed by atoms with Gasteiger partial charge in [-0.15, -0.1) is 0 Å². The summed E-state index contributed by atoms with van der Waals surface area (Å²) >= 11 is 0. The summed E-state index contributed by atoms with van der Waals surface area (Å²) in [5.41, 5.74) is 10.00. The number of nitrogen functional groups attached to an aromatic ring is 1. The number of nitrogens with one attached hydrogen (secondary N) is 1. The summed E-state index contributed by atoms with van der Waals surface area (Å²) < 4.78 is 5.77. The standard InChI is InChI=1S/C20H17N3O2/c21-17-11-9-16(10-12-17)20(24)23-22-14-15-5-4-8-19(13-15)25-18-6-2-1-3-7-18/h1-14H,21H2,(H,23,24)/b22-14-. The molecule has 1 amide bonds. The highest BCUT2D eigenvalue weighted by Gasteiger charge is 2.03. The van der Waals surface area contributed by atoms with Crippen LogP contribution in [0.25, 0.3) is 0 Å². The summed E-state index contributed by atoms with van der Waals surface area (Å²) in [5, 5.41) is 3.98. The summed E-state index contributed by atoms with van der Waals surface area (Å²) in [7, 11) is 0. The predicted molar refractivity (Wildman–Crippen MR) is 98.9 cm³/mol. The van der Waals surface area contributed by atoms with Gasteiger partial charge in [0.25, 0.3) is 5.91 Å². The van der Waals surface area contributed by atoms with E-state index in [0.29, 0.717) is 17.0 Å². The fraction of sp³-hybridized carbons (Fsp3) is 0. The molecule has 25 heavy (non-hydrogen) atoms. The van der Waals surface area contributed by atoms with Gasteiger partial charge in [0.1, 0.15) is 11.5 Å². The Kier molecular flexibility index (Phi) is 5.07. The number of nitrogens with two attached hydrogens (primary N) is 1. The normalized spacial score (nSPS) is 10.6. The van der Waals surface area contributed by atoms with Crippen LogP contribution in [-0.4, -0.2) is 12.1 Å². The number of benzene rings is 3.